The minimum atomic E-state index is -1.04. The SMILES string of the molecule is O=C(O)c1nc(Br)ns1. The Morgan fingerprint density at radius 1 is 1.78 bits per heavy atom. The van der Waals surface area contributed by atoms with E-state index in [0.717, 1.165) is 11.5 Å². The summed E-state index contributed by atoms with van der Waals surface area (Å²) < 4.78 is 3.93. The third-order valence-electron chi connectivity index (χ3n) is 0.584. The van der Waals surface area contributed by atoms with Crippen molar-refractivity contribution in [2.24, 2.45) is 0 Å². The van der Waals surface area contributed by atoms with Gasteiger partial charge in [-0.3, -0.25) is 0 Å². The fraction of sp³-hybridized carbons (Fsp3) is 0. The fourth-order valence-electron chi connectivity index (χ4n) is 0.292. The van der Waals surface area contributed by atoms with Gasteiger partial charge in [0.2, 0.25) is 9.74 Å². The van der Waals surface area contributed by atoms with Crippen LogP contribution in [0.5, 0.6) is 0 Å². The molecule has 4 nitrogen and oxygen atoms in total. The average Bonchev–Trinajstić information content (AvgIpc) is 2.14. The van der Waals surface area contributed by atoms with E-state index in [0.29, 0.717) is 4.73 Å². The molecule has 1 aromatic rings. The van der Waals surface area contributed by atoms with Crippen molar-refractivity contribution >= 4 is 33.4 Å². The van der Waals surface area contributed by atoms with Gasteiger partial charge < -0.3 is 5.11 Å². The molecule has 0 aromatic carbocycles. The van der Waals surface area contributed by atoms with Crippen LogP contribution in [0.2, 0.25) is 0 Å². The number of carboxylic acid groups (broad SMARTS) is 1. The Bertz CT molecular complexity index is 235. The maximum Gasteiger partial charge on any atom is 0.366 e. The van der Waals surface area contributed by atoms with Gasteiger partial charge >= 0.3 is 5.97 Å². The molecule has 0 spiro atoms. The van der Waals surface area contributed by atoms with Gasteiger partial charge in [-0.25, -0.2) is 9.78 Å². The molecular formula is C3HBrN2O2S. The van der Waals surface area contributed by atoms with Gasteiger partial charge in [0, 0.05) is 0 Å². The first kappa shape index (κ1) is 6.63. The Kier molecular flexibility index (Phi) is 1.77. The summed E-state index contributed by atoms with van der Waals surface area (Å²) in [5.74, 6) is -1.04. The molecule has 0 aliphatic heterocycles. The molecule has 0 saturated heterocycles. The number of aromatic nitrogens is 2. The Morgan fingerprint density at radius 2 is 2.44 bits per heavy atom. The van der Waals surface area contributed by atoms with Gasteiger partial charge in [0.15, 0.2) is 0 Å². The number of nitrogens with zero attached hydrogens (tertiary/aromatic N) is 2. The lowest BCUT2D eigenvalue weighted by molar-refractivity contribution is 0.0696. The van der Waals surface area contributed by atoms with Gasteiger partial charge in [0.05, 0.1) is 0 Å². The van der Waals surface area contributed by atoms with Crippen molar-refractivity contribution in [1.82, 2.24) is 9.36 Å². The summed E-state index contributed by atoms with van der Waals surface area (Å²) >= 11 is 3.78. The Morgan fingerprint density at radius 3 is 2.67 bits per heavy atom. The molecule has 9 heavy (non-hydrogen) atoms. The molecule has 0 bridgehead atoms. The molecule has 1 aromatic heterocycles. The van der Waals surface area contributed by atoms with Crippen LogP contribution in [0.4, 0.5) is 0 Å². The number of hydrogen-bond donors (Lipinski definition) is 1. The lowest BCUT2D eigenvalue weighted by Crippen LogP contribution is -1.93. The van der Waals surface area contributed by atoms with Crippen LogP contribution in [0.1, 0.15) is 9.80 Å². The molecular weight excluding hydrogens is 208 g/mol. The number of carboxylic acids is 1. The molecule has 1 rings (SSSR count). The minimum Gasteiger partial charge on any atom is -0.476 e. The van der Waals surface area contributed by atoms with Crippen LogP contribution in [-0.4, -0.2) is 20.4 Å². The largest absolute Gasteiger partial charge is 0.476 e. The molecule has 6 heteroatoms. The fourth-order valence-corrected chi connectivity index (χ4v) is 1.21. The lowest BCUT2D eigenvalue weighted by Gasteiger charge is -1.76. The Hall–Kier alpha value is -0.490. The molecule has 0 aliphatic carbocycles. The van der Waals surface area contributed by atoms with Crippen molar-refractivity contribution in [2.45, 2.75) is 0 Å². The zero-order chi connectivity index (χ0) is 6.85. The summed E-state index contributed by atoms with van der Waals surface area (Å²) in [5, 5.41) is 8.29. The highest BCUT2D eigenvalue weighted by molar-refractivity contribution is 9.10. The van der Waals surface area contributed by atoms with Crippen molar-refractivity contribution < 1.29 is 9.90 Å². The first-order valence-electron chi connectivity index (χ1n) is 1.92. The van der Waals surface area contributed by atoms with Gasteiger partial charge in [0.25, 0.3) is 0 Å². The van der Waals surface area contributed by atoms with Crippen molar-refractivity contribution in [1.29, 1.82) is 0 Å². The third kappa shape index (κ3) is 1.46. The van der Waals surface area contributed by atoms with Crippen LogP contribution in [0.25, 0.3) is 0 Å². The second-order valence-corrected chi connectivity index (χ2v) is 2.63. The molecule has 48 valence electrons. The summed E-state index contributed by atoms with van der Waals surface area (Å²) in [5.41, 5.74) is 0. The normalized spacial score (nSPS) is 9.44. The van der Waals surface area contributed by atoms with Crippen LogP contribution in [0.3, 0.4) is 0 Å². The van der Waals surface area contributed by atoms with E-state index in [-0.39, 0.29) is 5.01 Å². The van der Waals surface area contributed by atoms with Gasteiger partial charge in [0.1, 0.15) is 0 Å². The van der Waals surface area contributed by atoms with Gasteiger partial charge in [-0.05, 0) is 27.5 Å². The summed E-state index contributed by atoms with van der Waals surface area (Å²) in [6.07, 6.45) is 0. The predicted molar refractivity (Wildman–Crippen MR) is 34.6 cm³/mol. The van der Waals surface area contributed by atoms with Crippen LogP contribution in [0.15, 0.2) is 4.73 Å². The summed E-state index contributed by atoms with van der Waals surface area (Å²) in [7, 11) is 0. The summed E-state index contributed by atoms with van der Waals surface area (Å²) in [6, 6.07) is 0. The standard InChI is InChI=1S/C3HBrN2O2S/c4-3-5-1(2(7)8)9-6-3/h(H,7,8). The molecule has 0 atom stereocenters. The summed E-state index contributed by atoms with van der Waals surface area (Å²) in [4.78, 5) is 13.6. The maximum absolute atomic E-state index is 10.1. The quantitative estimate of drug-likeness (QED) is 0.749. The summed E-state index contributed by atoms with van der Waals surface area (Å²) in [6.45, 7) is 0. The van der Waals surface area contributed by atoms with E-state index >= 15 is 0 Å². The second-order valence-electron chi connectivity index (χ2n) is 1.17. The minimum absolute atomic E-state index is 0.00174. The molecule has 0 unspecified atom stereocenters. The zero-order valence-electron chi connectivity index (χ0n) is 4.04. The third-order valence-corrected chi connectivity index (χ3v) is 1.88. The Labute approximate surface area is 62.8 Å². The number of carbonyl (C=O) groups is 1. The number of rotatable bonds is 1. The maximum atomic E-state index is 10.1. The molecule has 0 radical (unpaired) electrons. The molecule has 0 aliphatic rings. The van der Waals surface area contributed by atoms with Gasteiger partial charge in [-0.1, -0.05) is 0 Å². The number of halogens is 1. The monoisotopic (exact) mass is 208 g/mol. The molecule has 0 amide bonds. The van der Waals surface area contributed by atoms with Gasteiger partial charge in [-0.15, -0.1) is 0 Å². The highest BCUT2D eigenvalue weighted by atomic mass is 79.9. The highest BCUT2D eigenvalue weighted by Gasteiger charge is 2.07. The smallest absolute Gasteiger partial charge is 0.366 e. The van der Waals surface area contributed by atoms with E-state index in [4.69, 9.17) is 5.11 Å². The Balaban J connectivity index is 2.98. The van der Waals surface area contributed by atoms with E-state index < -0.39 is 5.97 Å². The lowest BCUT2D eigenvalue weighted by atomic mass is 10.7. The first-order valence-corrected chi connectivity index (χ1v) is 3.49. The van der Waals surface area contributed by atoms with E-state index in [2.05, 4.69) is 25.3 Å². The molecule has 0 saturated carbocycles. The van der Waals surface area contributed by atoms with Crippen molar-refractivity contribution in [3.8, 4) is 0 Å². The van der Waals surface area contributed by atoms with E-state index in [1.165, 1.54) is 0 Å². The zero-order valence-corrected chi connectivity index (χ0v) is 6.44. The van der Waals surface area contributed by atoms with E-state index in [9.17, 15) is 4.79 Å². The van der Waals surface area contributed by atoms with Crippen LogP contribution >= 0.6 is 27.5 Å². The first-order chi connectivity index (χ1) is 4.20. The van der Waals surface area contributed by atoms with Crippen LogP contribution in [-0.2, 0) is 0 Å². The molecule has 0 fully saturated rings. The average molecular weight is 209 g/mol. The van der Waals surface area contributed by atoms with Crippen LogP contribution in [0, 0.1) is 0 Å². The van der Waals surface area contributed by atoms with E-state index in [1.807, 2.05) is 0 Å². The van der Waals surface area contributed by atoms with Crippen LogP contribution < -0.4 is 0 Å². The highest BCUT2D eigenvalue weighted by Crippen LogP contribution is 2.08. The number of aromatic carboxylic acids is 1. The molecule has 1 heterocycles. The topological polar surface area (TPSA) is 63.1 Å². The predicted octanol–water partition coefficient (Wildman–Crippen LogP) is 0.999. The van der Waals surface area contributed by atoms with Crippen molar-refractivity contribution in [3.63, 3.8) is 0 Å². The van der Waals surface area contributed by atoms with Crippen molar-refractivity contribution in [2.75, 3.05) is 0 Å². The number of hydrogen-bond acceptors (Lipinski definition) is 4. The van der Waals surface area contributed by atoms with E-state index in [1.54, 1.807) is 0 Å². The van der Waals surface area contributed by atoms with Gasteiger partial charge in [-0.2, -0.15) is 4.37 Å². The second kappa shape index (κ2) is 2.40. The van der Waals surface area contributed by atoms with Crippen molar-refractivity contribution in [3.05, 3.63) is 9.74 Å². The molecule has 1 N–H and O–H groups in total.